The Morgan fingerprint density at radius 2 is 1.68 bits per heavy atom. The third-order valence-electron chi connectivity index (χ3n) is 3.01. The number of phosphoric acid groups is 1. The SMILES string of the molecule is C/C=C(O)/C(O)=C/C(O)COP(=O)(O)O.C/C=C(\O)c1cc(COP(C)(=O)O)ncn1. The average molecular weight is 484 g/mol. The van der Waals surface area contributed by atoms with E-state index in [0.717, 1.165) is 12.7 Å². The van der Waals surface area contributed by atoms with Crippen LogP contribution in [0.1, 0.15) is 25.2 Å². The molecule has 0 aliphatic carbocycles. The molecule has 31 heavy (non-hydrogen) atoms. The van der Waals surface area contributed by atoms with Crippen molar-refractivity contribution in [2.75, 3.05) is 13.3 Å². The molecule has 2 unspecified atom stereocenters. The van der Waals surface area contributed by atoms with E-state index >= 15 is 0 Å². The fourth-order valence-electron chi connectivity index (χ4n) is 1.59. The summed E-state index contributed by atoms with van der Waals surface area (Å²) in [5.74, 6) is -1.03. The van der Waals surface area contributed by atoms with E-state index < -0.39 is 39.6 Å². The molecule has 1 rings (SSSR count). The Bertz CT molecular complexity index is 889. The topological polar surface area (TPSA) is 220 Å². The summed E-state index contributed by atoms with van der Waals surface area (Å²) in [6.45, 7) is 3.43. The molecule has 0 saturated carbocycles. The molecule has 2 atom stereocenters. The van der Waals surface area contributed by atoms with Crippen molar-refractivity contribution in [3.63, 3.8) is 0 Å². The van der Waals surface area contributed by atoms with Gasteiger partial charge in [-0.25, -0.2) is 14.5 Å². The van der Waals surface area contributed by atoms with Gasteiger partial charge < -0.3 is 39.6 Å². The second-order valence-corrected chi connectivity index (χ2v) is 8.83. The summed E-state index contributed by atoms with van der Waals surface area (Å²) in [6, 6.07) is 1.49. The number of aliphatic hydroxyl groups is 4. The molecular weight excluding hydrogens is 458 g/mol. The van der Waals surface area contributed by atoms with Crippen LogP contribution in [-0.4, -0.2) is 64.4 Å². The summed E-state index contributed by atoms with van der Waals surface area (Å²) >= 11 is 0. The standard InChI is InChI=1S/C9H13N2O4P.C7H13O7P/c1-3-9(12)8-4-7(10-6-11-8)5-15-16(2,13)14;1-2-6(9)7(10)3-5(8)4-14-15(11,12)13/h3-4,6,12H,5H2,1-2H3,(H,13,14);2-3,5,8-10H,4H2,1H3,(H2,11,12,13)/b9-3-;6-2-,7-3-. The first-order valence-corrected chi connectivity index (χ1v) is 12.0. The maximum Gasteiger partial charge on any atom is 0.469 e. The van der Waals surface area contributed by atoms with Crippen molar-refractivity contribution in [1.29, 1.82) is 0 Å². The predicted octanol–water partition coefficient (Wildman–Crippen LogP) is 2.09. The fraction of sp³-hybridized carbons (Fsp3) is 0.375. The third kappa shape index (κ3) is 14.5. The summed E-state index contributed by atoms with van der Waals surface area (Å²) < 4.78 is 29.8. The lowest BCUT2D eigenvalue weighted by Gasteiger charge is -2.08. The highest BCUT2D eigenvalue weighted by molar-refractivity contribution is 7.51. The first-order chi connectivity index (χ1) is 14.2. The van der Waals surface area contributed by atoms with Gasteiger partial charge in [-0.05, 0) is 38.1 Å². The molecular formula is C16H26N2O11P2. The van der Waals surface area contributed by atoms with Gasteiger partial charge in [0, 0.05) is 6.66 Å². The molecule has 0 aliphatic heterocycles. The molecule has 0 saturated heterocycles. The Morgan fingerprint density at radius 1 is 1.06 bits per heavy atom. The second kappa shape index (κ2) is 13.4. The maximum absolute atomic E-state index is 10.9. The Kier molecular flexibility index (Phi) is 12.5. The number of hydrogen-bond donors (Lipinski definition) is 7. The molecule has 0 spiro atoms. The zero-order valence-electron chi connectivity index (χ0n) is 16.9. The summed E-state index contributed by atoms with van der Waals surface area (Å²) in [7, 11) is -8.16. The van der Waals surface area contributed by atoms with E-state index in [9.17, 15) is 14.2 Å². The van der Waals surface area contributed by atoms with E-state index in [2.05, 4.69) is 14.5 Å². The quantitative estimate of drug-likeness (QED) is 0.152. The zero-order valence-corrected chi connectivity index (χ0v) is 18.7. The van der Waals surface area contributed by atoms with Crippen LogP contribution in [0.4, 0.5) is 0 Å². The molecule has 13 nitrogen and oxygen atoms in total. The first kappa shape index (κ1) is 28.9. The van der Waals surface area contributed by atoms with E-state index in [1.54, 1.807) is 6.92 Å². The summed E-state index contributed by atoms with van der Waals surface area (Å²) in [6.07, 6.45) is 3.29. The van der Waals surface area contributed by atoms with Crippen LogP contribution < -0.4 is 0 Å². The highest BCUT2D eigenvalue weighted by atomic mass is 31.2. The number of phosphoric ester groups is 1. The van der Waals surface area contributed by atoms with Gasteiger partial charge in [-0.3, -0.25) is 9.09 Å². The Labute approximate surface area is 178 Å². The van der Waals surface area contributed by atoms with Gasteiger partial charge in [0.1, 0.15) is 17.8 Å². The van der Waals surface area contributed by atoms with Gasteiger partial charge in [0.05, 0.1) is 25.0 Å². The van der Waals surface area contributed by atoms with Crippen molar-refractivity contribution < 1.29 is 53.3 Å². The van der Waals surface area contributed by atoms with Crippen LogP contribution in [-0.2, 0) is 24.8 Å². The number of allylic oxidation sites excluding steroid dienone is 2. The monoisotopic (exact) mass is 484 g/mol. The van der Waals surface area contributed by atoms with E-state index in [0.29, 0.717) is 11.4 Å². The van der Waals surface area contributed by atoms with Gasteiger partial charge in [-0.2, -0.15) is 0 Å². The number of hydrogen-bond acceptors (Lipinski definition) is 10. The van der Waals surface area contributed by atoms with E-state index in [1.165, 1.54) is 31.5 Å². The highest BCUT2D eigenvalue weighted by Crippen LogP contribution is 2.37. The van der Waals surface area contributed by atoms with Crippen molar-refractivity contribution in [2.24, 2.45) is 0 Å². The van der Waals surface area contributed by atoms with Gasteiger partial charge in [0.15, 0.2) is 11.5 Å². The number of aromatic nitrogens is 2. The Hall–Kier alpha value is -2.08. The van der Waals surface area contributed by atoms with E-state index in [4.69, 9.17) is 34.5 Å². The van der Waals surface area contributed by atoms with Crippen LogP contribution in [0.3, 0.4) is 0 Å². The molecule has 176 valence electrons. The number of aliphatic hydroxyl groups excluding tert-OH is 4. The molecule has 7 N–H and O–H groups in total. The molecule has 0 fully saturated rings. The summed E-state index contributed by atoms with van der Waals surface area (Å²) in [5.41, 5.74) is 0.773. The highest BCUT2D eigenvalue weighted by Gasteiger charge is 2.16. The lowest BCUT2D eigenvalue weighted by atomic mass is 10.3. The lowest BCUT2D eigenvalue weighted by Crippen LogP contribution is -2.12. The molecule has 0 aromatic carbocycles. The van der Waals surface area contributed by atoms with E-state index in [-0.39, 0.29) is 12.4 Å². The molecule has 0 bridgehead atoms. The van der Waals surface area contributed by atoms with E-state index in [1.807, 2.05) is 0 Å². The maximum atomic E-state index is 10.9. The molecule has 0 radical (unpaired) electrons. The lowest BCUT2D eigenvalue weighted by molar-refractivity contribution is 0.111. The normalized spacial score (nSPS) is 16.2. The minimum atomic E-state index is -4.64. The predicted molar refractivity (Wildman–Crippen MR) is 110 cm³/mol. The van der Waals surface area contributed by atoms with Crippen molar-refractivity contribution >= 4 is 21.2 Å². The summed E-state index contributed by atoms with van der Waals surface area (Å²) in [5, 5.41) is 36.5. The van der Waals surface area contributed by atoms with Crippen molar-refractivity contribution in [3.8, 4) is 0 Å². The Balaban J connectivity index is 0.000000582. The van der Waals surface area contributed by atoms with Crippen molar-refractivity contribution in [1.82, 2.24) is 9.97 Å². The van der Waals surface area contributed by atoms with Crippen LogP contribution >= 0.6 is 15.4 Å². The minimum Gasteiger partial charge on any atom is -0.506 e. The largest absolute Gasteiger partial charge is 0.506 e. The molecule has 15 heteroatoms. The zero-order chi connectivity index (χ0) is 24.2. The van der Waals surface area contributed by atoms with Crippen molar-refractivity contribution in [2.45, 2.75) is 26.6 Å². The number of rotatable bonds is 9. The summed E-state index contributed by atoms with van der Waals surface area (Å²) in [4.78, 5) is 33.2. The van der Waals surface area contributed by atoms with Crippen LogP contribution in [0.25, 0.3) is 5.76 Å². The minimum absolute atomic E-state index is 0.0207. The van der Waals surface area contributed by atoms with Gasteiger partial charge in [-0.1, -0.05) is 0 Å². The van der Waals surface area contributed by atoms with Gasteiger partial charge in [-0.15, -0.1) is 0 Å². The molecule has 0 amide bonds. The second-order valence-electron chi connectivity index (χ2n) is 5.72. The smallest absolute Gasteiger partial charge is 0.469 e. The fourth-order valence-corrected chi connectivity index (χ4v) is 2.31. The average Bonchev–Trinajstić information content (AvgIpc) is 2.69. The molecule has 1 heterocycles. The number of nitrogens with zero attached hydrogens (tertiary/aromatic N) is 2. The third-order valence-corrected chi connectivity index (χ3v) is 4.10. The first-order valence-electron chi connectivity index (χ1n) is 8.44. The van der Waals surface area contributed by atoms with Gasteiger partial charge >= 0.3 is 15.4 Å². The Morgan fingerprint density at radius 3 is 2.16 bits per heavy atom. The molecule has 1 aromatic heterocycles. The van der Waals surface area contributed by atoms with Gasteiger partial charge in [0.2, 0.25) is 0 Å². The molecule has 0 aliphatic rings. The van der Waals surface area contributed by atoms with Crippen LogP contribution in [0.15, 0.2) is 42.1 Å². The molecule has 1 aromatic rings. The van der Waals surface area contributed by atoms with Gasteiger partial charge in [0.25, 0.3) is 0 Å². The van der Waals surface area contributed by atoms with Crippen LogP contribution in [0, 0.1) is 0 Å². The van der Waals surface area contributed by atoms with Crippen LogP contribution in [0.5, 0.6) is 0 Å². The van der Waals surface area contributed by atoms with Crippen molar-refractivity contribution in [3.05, 3.63) is 53.5 Å². The van der Waals surface area contributed by atoms with Crippen LogP contribution in [0.2, 0.25) is 0 Å².